The van der Waals surface area contributed by atoms with Crippen LogP contribution in [0.4, 0.5) is 0 Å². The minimum absolute atomic E-state index is 0.192. The molecule has 0 aliphatic carbocycles. The number of rotatable bonds is 5. The van der Waals surface area contributed by atoms with Gasteiger partial charge in [-0.2, -0.15) is 5.26 Å². The molecular weight excluding hydrogens is 286 g/mol. The Morgan fingerprint density at radius 1 is 1.53 bits per heavy atom. The lowest BCUT2D eigenvalue weighted by Gasteiger charge is -2.14. The van der Waals surface area contributed by atoms with Crippen LogP contribution in [0.1, 0.15) is 18.9 Å². The van der Waals surface area contributed by atoms with Crippen LogP contribution in [0.2, 0.25) is 0 Å². The molecule has 0 aromatic heterocycles. The van der Waals surface area contributed by atoms with Crippen molar-refractivity contribution in [3.8, 4) is 17.6 Å². The monoisotopic (exact) mass is 299 g/mol. The van der Waals surface area contributed by atoms with Crippen LogP contribution in [-0.4, -0.2) is 24.9 Å². The van der Waals surface area contributed by atoms with E-state index in [1.54, 1.807) is 12.1 Å². The zero-order valence-electron chi connectivity index (χ0n) is 9.74. The van der Waals surface area contributed by atoms with Gasteiger partial charge in [0.25, 0.3) is 0 Å². The Morgan fingerprint density at radius 2 is 2.24 bits per heavy atom. The number of aliphatic hydroxyl groups excluding tert-OH is 1. The molecule has 1 aromatic rings. The molecule has 0 aliphatic rings. The predicted octanol–water partition coefficient (Wildman–Crippen LogP) is 2.48. The van der Waals surface area contributed by atoms with E-state index in [1.165, 1.54) is 7.11 Å². The predicted molar refractivity (Wildman–Crippen MR) is 67.2 cm³/mol. The Bertz CT molecular complexity index is 428. The summed E-state index contributed by atoms with van der Waals surface area (Å²) in [5.41, 5.74) is 0.483. The van der Waals surface area contributed by atoms with Gasteiger partial charge in [-0.25, -0.2) is 0 Å². The fourth-order valence-electron chi connectivity index (χ4n) is 1.22. The van der Waals surface area contributed by atoms with Gasteiger partial charge < -0.3 is 14.6 Å². The van der Waals surface area contributed by atoms with Crippen LogP contribution in [0.3, 0.4) is 0 Å². The highest BCUT2D eigenvalue weighted by atomic mass is 79.9. The van der Waals surface area contributed by atoms with Crippen molar-refractivity contribution in [3.05, 3.63) is 22.2 Å². The van der Waals surface area contributed by atoms with E-state index in [2.05, 4.69) is 15.9 Å². The molecule has 0 fully saturated rings. The summed E-state index contributed by atoms with van der Waals surface area (Å²) in [6.45, 7) is 2.07. The molecule has 1 atom stereocenters. The second-order valence-corrected chi connectivity index (χ2v) is 4.33. The van der Waals surface area contributed by atoms with Crippen LogP contribution in [0.5, 0.6) is 11.5 Å². The summed E-state index contributed by atoms with van der Waals surface area (Å²) in [7, 11) is 1.51. The number of hydrogen-bond acceptors (Lipinski definition) is 4. The zero-order valence-corrected chi connectivity index (χ0v) is 11.3. The first-order valence-corrected chi connectivity index (χ1v) is 6.00. The van der Waals surface area contributed by atoms with Crippen LogP contribution in [0, 0.1) is 11.3 Å². The smallest absolute Gasteiger partial charge is 0.175 e. The quantitative estimate of drug-likeness (QED) is 0.907. The highest BCUT2D eigenvalue weighted by Crippen LogP contribution is 2.36. The van der Waals surface area contributed by atoms with Crippen LogP contribution < -0.4 is 9.47 Å². The van der Waals surface area contributed by atoms with Gasteiger partial charge in [0.1, 0.15) is 6.61 Å². The first kappa shape index (κ1) is 13.8. The van der Waals surface area contributed by atoms with Crippen molar-refractivity contribution in [1.29, 1.82) is 5.26 Å². The largest absolute Gasteiger partial charge is 0.493 e. The van der Waals surface area contributed by atoms with E-state index < -0.39 is 6.10 Å². The molecular formula is C12H14BrNO3. The molecule has 0 bridgehead atoms. The fraction of sp³-hybridized carbons (Fsp3) is 0.417. The highest BCUT2D eigenvalue weighted by molar-refractivity contribution is 9.10. The van der Waals surface area contributed by atoms with Gasteiger partial charge >= 0.3 is 0 Å². The van der Waals surface area contributed by atoms with Crippen molar-refractivity contribution in [2.45, 2.75) is 19.4 Å². The molecule has 1 N–H and O–H groups in total. The molecule has 92 valence electrons. The topological polar surface area (TPSA) is 62.5 Å². The minimum Gasteiger partial charge on any atom is -0.493 e. The van der Waals surface area contributed by atoms with Crippen molar-refractivity contribution in [2.75, 3.05) is 13.7 Å². The molecule has 1 aromatic carbocycles. The van der Waals surface area contributed by atoms with Gasteiger partial charge in [-0.3, -0.25) is 0 Å². The number of ether oxygens (including phenoxy) is 2. The van der Waals surface area contributed by atoms with E-state index in [0.29, 0.717) is 28.0 Å². The van der Waals surface area contributed by atoms with Gasteiger partial charge in [0.2, 0.25) is 0 Å². The number of aliphatic hydroxyl groups is 1. The second kappa shape index (κ2) is 6.48. The summed E-state index contributed by atoms with van der Waals surface area (Å²) >= 11 is 3.31. The molecule has 5 heteroatoms. The SMILES string of the molecule is CC[C@H](O)COc1c(Br)cc(C#N)cc1OC. The van der Waals surface area contributed by atoms with Crippen molar-refractivity contribution in [1.82, 2.24) is 0 Å². The number of nitrogens with zero attached hydrogens (tertiary/aromatic N) is 1. The highest BCUT2D eigenvalue weighted by Gasteiger charge is 2.13. The Hall–Kier alpha value is -1.25. The summed E-state index contributed by atoms with van der Waals surface area (Å²) in [5.74, 6) is 0.971. The summed E-state index contributed by atoms with van der Waals surface area (Å²) in [5, 5.41) is 18.3. The lowest BCUT2D eigenvalue weighted by atomic mass is 10.2. The van der Waals surface area contributed by atoms with Gasteiger partial charge in [0.15, 0.2) is 11.5 Å². The fourth-order valence-corrected chi connectivity index (χ4v) is 1.78. The molecule has 0 spiro atoms. The summed E-state index contributed by atoms with van der Waals surface area (Å²) in [6.07, 6.45) is 0.109. The maximum Gasteiger partial charge on any atom is 0.175 e. The Morgan fingerprint density at radius 3 is 2.76 bits per heavy atom. The van der Waals surface area contributed by atoms with Crippen LogP contribution >= 0.6 is 15.9 Å². The van der Waals surface area contributed by atoms with E-state index in [1.807, 2.05) is 13.0 Å². The van der Waals surface area contributed by atoms with E-state index in [0.717, 1.165) is 0 Å². The van der Waals surface area contributed by atoms with E-state index >= 15 is 0 Å². The Kier molecular flexibility index (Phi) is 5.26. The van der Waals surface area contributed by atoms with Gasteiger partial charge in [0.05, 0.1) is 29.3 Å². The van der Waals surface area contributed by atoms with Crippen molar-refractivity contribution >= 4 is 15.9 Å². The van der Waals surface area contributed by atoms with Gasteiger partial charge in [0, 0.05) is 6.07 Å². The van der Waals surface area contributed by atoms with Crippen LogP contribution in [0.15, 0.2) is 16.6 Å². The maximum atomic E-state index is 9.44. The Balaban J connectivity index is 2.94. The molecule has 0 amide bonds. The molecule has 0 radical (unpaired) electrons. The van der Waals surface area contributed by atoms with Gasteiger partial charge in [-0.1, -0.05) is 6.92 Å². The molecule has 0 unspecified atom stereocenters. The van der Waals surface area contributed by atoms with E-state index in [9.17, 15) is 5.11 Å². The number of nitriles is 1. The third kappa shape index (κ3) is 3.62. The molecule has 1 rings (SSSR count). The van der Waals surface area contributed by atoms with Crippen LogP contribution in [-0.2, 0) is 0 Å². The number of benzene rings is 1. The Labute approximate surface area is 109 Å². The first-order valence-electron chi connectivity index (χ1n) is 5.20. The zero-order chi connectivity index (χ0) is 12.8. The van der Waals surface area contributed by atoms with Crippen molar-refractivity contribution in [3.63, 3.8) is 0 Å². The lowest BCUT2D eigenvalue weighted by molar-refractivity contribution is 0.102. The summed E-state index contributed by atoms with van der Waals surface area (Å²) in [4.78, 5) is 0. The minimum atomic E-state index is -0.512. The molecule has 17 heavy (non-hydrogen) atoms. The standard InChI is InChI=1S/C12H14BrNO3/c1-3-9(15)7-17-12-10(13)4-8(6-14)5-11(12)16-2/h4-5,9,15H,3,7H2,1-2H3/t9-/m0/s1. The number of hydrogen-bond donors (Lipinski definition) is 1. The number of methoxy groups -OCH3 is 1. The average Bonchev–Trinajstić information content (AvgIpc) is 2.35. The molecule has 4 nitrogen and oxygen atoms in total. The normalized spacial score (nSPS) is 11.7. The van der Waals surface area contributed by atoms with Crippen molar-refractivity contribution < 1.29 is 14.6 Å². The van der Waals surface area contributed by atoms with Crippen molar-refractivity contribution in [2.24, 2.45) is 0 Å². The lowest BCUT2D eigenvalue weighted by Crippen LogP contribution is -2.16. The van der Waals surface area contributed by atoms with Crippen LogP contribution in [0.25, 0.3) is 0 Å². The molecule has 0 heterocycles. The molecule has 0 aliphatic heterocycles. The third-order valence-electron chi connectivity index (χ3n) is 2.25. The summed E-state index contributed by atoms with van der Waals surface area (Å²) < 4.78 is 11.3. The van der Waals surface area contributed by atoms with Gasteiger partial charge in [-0.15, -0.1) is 0 Å². The second-order valence-electron chi connectivity index (χ2n) is 3.47. The third-order valence-corrected chi connectivity index (χ3v) is 2.84. The van der Waals surface area contributed by atoms with E-state index in [4.69, 9.17) is 14.7 Å². The number of halogens is 1. The molecule has 0 saturated carbocycles. The average molecular weight is 300 g/mol. The van der Waals surface area contributed by atoms with E-state index in [-0.39, 0.29) is 6.61 Å². The summed E-state index contributed by atoms with van der Waals surface area (Å²) in [6, 6.07) is 5.28. The first-order chi connectivity index (χ1) is 8.12. The van der Waals surface area contributed by atoms with Gasteiger partial charge in [-0.05, 0) is 28.4 Å². The maximum absolute atomic E-state index is 9.44. The molecule has 0 saturated heterocycles.